The molecule has 4 atom stereocenters. The molecule has 1 unspecified atom stereocenters. The minimum absolute atomic E-state index is 0.00946. The number of hydrogen-bond acceptors (Lipinski definition) is 11. The molecule has 18 heteroatoms. The van der Waals surface area contributed by atoms with E-state index in [2.05, 4.69) is 14.9 Å². The topological polar surface area (TPSA) is 166 Å². The predicted molar refractivity (Wildman–Crippen MR) is 180 cm³/mol. The van der Waals surface area contributed by atoms with Crippen LogP contribution in [-0.4, -0.2) is 68.1 Å². The second-order valence-corrected chi connectivity index (χ2v) is 17.2. The van der Waals surface area contributed by atoms with Crippen molar-refractivity contribution in [3.63, 3.8) is 0 Å². The highest BCUT2D eigenvalue weighted by molar-refractivity contribution is 7.91. The Balaban J connectivity index is 1.29. The van der Waals surface area contributed by atoms with E-state index in [4.69, 9.17) is 14.2 Å². The van der Waals surface area contributed by atoms with Gasteiger partial charge in [0.15, 0.2) is 0 Å². The zero-order valence-electron chi connectivity index (χ0n) is 27.8. The van der Waals surface area contributed by atoms with E-state index in [0.29, 0.717) is 36.2 Å². The van der Waals surface area contributed by atoms with Crippen molar-refractivity contribution < 1.29 is 36.2 Å². The van der Waals surface area contributed by atoms with Crippen LogP contribution in [0.2, 0.25) is 0 Å². The van der Waals surface area contributed by atoms with Crippen molar-refractivity contribution >= 4 is 37.5 Å². The summed E-state index contributed by atoms with van der Waals surface area (Å²) in [6.07, 6.45) is 5.31. The smallest absolute Gasteiger partial charge is 0.387 e. The lowest BCUT2D eigenvalue weighted by Crippen LogP contribution is -2.53. The fourth-order valence-electron chi connectivity index (χ4n) is 7.32. The zero-order valence-corrected chi connectivity index (χ0v) is 29.4. The van der Waals surface area contributed by atoms with Gasteiger partial charge in [0.05, 0.1) is 47.4 Å². The van der Waals surface area contributed by atoms with Gasteiger partial charge >= 0.3 is 12.3 Å². The molecule has 3 aromatic heterocycles. The number of carbonyl (C=O) groups excluding carboxylic acids is 1. The van der Waals surface area contributed by atoms with Crippen LogP contribution in [0.5, 0.6) is 5.75 Å². The number of halogens is 2. The van der Waals surface area contributed by atoms with Gasteiger partial charge in [-0.25, -0.2) is 17.8 Å². The number of nitrogens with zero attached hydrogens (tertiary/aromatic N) is 5. The average molecular weight is 747 g/mol. The van der Waals surface area contributed by atoms with Crippen LogP contribution < -0.4 is 20.7 Å². The van der Waals surface area contributed by atoms with Gasteiger partial charge < -0.3 is 14.2 Å². The number of rotatable bonds is 12. The van der Waals surface area contributed by atoms with Gasteiger partial charge in [0.2, 0.25) is 10.0 Å². The summed E-state index contributed by atoms with van der Waals surface area (Å²) < 4.78 is 74.3. The molecule has 272 valence electrons. The van der Waals surface area contributed by atoms with Crippen LogP contribution in [0.15, 0.2) is 46.2 Å². The maximum atomic E-state index is 14.8. The fraction of sp³-hybridized carbons (Fsp3) is 0.545. The number of hydrogen-bond donors (Lipinski definition) is 1. The van der Waals surface area contributed by atoms with Gasteiger partial charge in [-0.15, -0.1) is 4.80 Å². The third-order valence-corrected chi connectivity index (χ3v) is 14.1. The van der Waals surface area contributed by atoms with Crippen LogP contribution in [0.1, 0.15) is 75.5 Å². The molecule has 2 aliphatic heterocycles. The first kappa shape index (κ1) is 34.1. The van der Waals surface area contributed by atoms with Crippen LogP contribution in [0, 0.1) is 6.92 Å². The van der Waals surface area contributed by atoms with Gasteiger partial charge in [0.1, 0.15) is 27.2 Å². The number of fused-ring (bicyclic) bond motifs is 3. The Kier molecular flexibility index (Phi) is 8.23. The quantitative estimate of drug-likeness (QED) is 0.226. The second kappa shape index (κ2) is 12.3. The number of sulfonamides is 1. The highest BCUT2D eigenvalue weighted by Gasteiger charge is 2.58. The van der Waals surface area contributed by atoms with Crippen molar-refractivity contribution in [3.05, 3.63) is 68.6 Å². The van der Waals surface area contributed by atoms with Crippen LogP contribution in [0.3, 0.4) is 0 Å². The van der Waals surface area contributed by atoms with Crippen molar-refractivity contribution in [2.75, 3.05) is 0 Å². The minimum atomic E-state index is -4.09. The molecule has 4 fully saturated rings. The van der Waals surface area contributed by atoms with E-state index in [9.17, 15) is 31.6 Å². The van der Waals surface area contributed by atoms with Crippen molar-refractivity contribution in [3.8, 4) is 10.8 Å². The Morgan fingerprint density at radius 1 is 1.10 bits per heavy atom. The first-order valence-corrected chi connectivity index (χ1v) is 19.2. The Labute approximate surface area is 294 Å². The number of para-hydroxylation sites is 1. The summed E-state index contributed by atoms with van der Waals surface area (Å²) >= 11 is 1.08. The minimum Gasteiger partial charge on any atom is -0.434 e. The molecular formula is C33H36F2N6O8S2. The molecule has 2 aliphatic carbocycles. The number of carbonyl (C=O) groups is 1. The van der Waals surface area contributed by atoms with Gasteiger partial charge in [-0.2, -0.15) is 19.0 Å². The SMILES string of the molecule is Cc1c(-n2nccn2)sc2c1c(=O)n(C1(C(=O)NS(=O)(=O)C3(C)CC3)CC1)c(=O)n2C[C@H](OC1C[C@H]2CC[C@@H](C1)O2)c1ccccc1OC(F)F. The lowest BCUT2D eigenvalue weighted by Gasteiger charge is -2.32. The lowest BCUT2D eigenvalue weighted by molar-refractivity contribution is -0.124. The summed E-state index contributed by atoms with van der Waals surface area (Å²) in [7, 11) is -4.09. The summed E-state index contributed by atoms with van der Waals surface area (Å²) in [4.78, 5) is 44.5. The van der Waals surface area contributed by atoms with Gasteiger partial charge in [-0.3, -0.25) is 18.9 Å². The molecule has 4 aromatic rings. The summed E-state index contributed by atoms with van der Waals surface area (Å²) in [5, 5.41) is 8.99. The van der Waals surface area contributed by atoms with Crippen molar-refractivity contribution in [1.29, 1.82) is 0 Å². The number of amides is 1. The number of aromatic nitrogens is 5. The molecule has 8 rings (SSSR count). The molecule has 5 heterocycles. The molecule has 51 heavy (non-hydrogen) atoms. The van der Waals surface area contributed by atoms with Gasteiger partial charge in [-0.05, 0) is 71.3 Å². The number of benzene rings is 1. The summed E-state index contributed by atoms with van der Waals surface area (Å²) in [5.74, 6) is -1.09. The molecule has 2 bridgehead atoms. The van der Waals surface area contributed by atoms with E-state index in [1.165, 1.54) is 34.7 Å². The summed E-state index contributed by atoms with van der Waals surface area (Å²) in [6, 6.07) is 6.19. The summed E-state index contributed by atoms with van der Waals surface area (Å²) in [5.41, 5.74) is -2.69. The number of alkyl halides is 2. The largest absolute Gasteiger partial charge is 0.434 e. The first-order valence-electron chi connectivity index (χ1n) is 16.9. The molecule has 0 spiro atoms. The van der Waals surface area contributed by atoms with E-state index in [1.807, 2.05) is 0 Å². The van der Waals surface area contributed by atoms with Crippen LogP contribution >= 0.6 is 11.3 Å². The number of thiophene rings is 1. The van der Waals surface area contributed by atoms with E-state index in [0.717, 1.165) is 28.7 Å². The fourth-order valence-corrected chi connectivity index (χ4v) is 9.86. The molecule has 1 N–H and O–H groups in total. The Bertz CT molecular complexity index is 2230. The molecule has 0 radical (unpaired) electrons. The highest BCUT2D eigenvalue weighted by Crippen LogP contribution is 2.46. The first-order chi connectivity index (χ1) is 24.3. The predicted octanol–water partition coefficient (Wildman–Crippen LogP) is 3.67. The Morgan fingerprint density at radius 2 is 1.76 bits per heavy atom. The van der Waals surface area contributed by atoms with Gasteiger partial charge in [-0.1, -0.05) is 29.5 Å². The van der Waals surface area contributed by atoms with Crippen LogP contribution in [0.25, 0.3) is 15.2 Å². The summed E-state index contributed by atoms with van der Waals surface area (Å²) in [6.45, 7) is -0.180. The maximum absolute atomic E-state index is 14.8. The third kappa shape index (κ3) is 5.89. The van der Waals surface area contributed by atoms with E-state index >= 15 is 0 Å². The zero-order chi connectivity index (χ0) is 35.9. The Morgan fingerprint density at radius 3 is 2.39 bits per heavy atom. The average Bonchev–Trinajstić information content (AvgIpc) is 3.89. The molecular weight excluding hydrogens is 711 g/mol. The van der Waals surface area contributed by atoms with E-state index in [-0.39, 0.29) is 59.2 Å². The van der Waals surface area contributed by atoms with Crippen LogP contribution in [0.4, 0.5) is 8.78 Å². The molecule has 1 aromatic carbocycles. The lowest BCUT2D eigenvalue weighted by atomic mass is 10.0. The maximum Gasteiger partial charge on any atom is 0.387 e. The van der Waals surface area contributed by atoms with Gasteiger partial charge in [0, 0.05) is 11.1 Å². The number of nitrogens with one attached hydrogen (secondary N) is 1. The molecule has 2 saturated carbocycles. The molecule has 4 aliphatic rings. The molecule has 1 amide bonds. The molecule has 2 saturated heterocycles. The van der Waals surface area contributed by atoms with E-state index in [1.54, 1.807) is 25.1 Å². The molecule has 14 nitrogen and oxygen atoms in total. The van der Waals surface area contributed by atoms with E-state index < -0.39 is 50.2 Å². The Hall–Kier alpha value is -4.00. The highest BCUT2D eigenvalue weighted by atomic mass is 32.2. The van der Waals surface area contributed by atoms with Gasteiger partial charge in [0.25, 0.3) is 11.5 Å². The van der Waals surface area contributed by atoms with Crippen molar-refractivity contribution in [2.45, 2.75) is 113 Å². The normalized spacial score (nSPS) is 23.7. The number of aryl methyl sites for hydroxylation is 1. The van der Waals surface area contributed by atoms with Crippen molar-refractivity contribution in [2.24, 2.45) is 0 Å². The standard InChI is InChI=1S/C33H36F2N6O8S2/c1-18-25-26(42)40(33(11-12-33)29(43)38-51(45,46)32(2)9-10-32)31(44)39(28(25)50-27(18)41-36-13-14-37-41)17-24(22-5-3-4-6-23(22)49-30(34)35)48-21-15-19-7-8-20(16-21)47-19/h3-6,13-14,19-21,24,30H,7-12,15-17H2,1-2H3,(H,38,43)/t19-,20+,21?,24-/m0/s1. The third-order valence-electron chi connectivity index (χ3n) is 10.6. The van der Waals surface area contributed by atoms with Crippen LogP contribution in [-0.2, 0) is 36.4 Å². The van der Waals surface area contributed by atoms with Crippen molar-refractivity contribution in [1.82, 2.24) is 28.9 Å². The monoisotopic (exact) mass is 746 g/mol. The number of ether oxygens (including phenoxy) is 3. The second-order valence-electron chi connectivity index (χ2n) is 14.1.